The van der Waals surface area contributed by atoms with Crippen LogP contribution in [0.15, 0.2) is 36.9 Å². The number of benzene rings is 1. The van der Waals surface area contributed by atoms with E-state index in [2.05, 4.69) is 35.9 Å². The van der Waals surface area contributed by atoms with Gasteiger partial charge in [0.15, 0.2) is 0 Å². The Balaban J connectivity index is 2.43. The summed E-state index contributed by atoms with van der Waals surface area (Å²) in [6.07, 6.45) is 5.10. The summed E-state index contributed by atoms with van der Waals surface area (Å²) < 4.78 is 0. The van der Waals surface area contributed by atoms with Gasteiger partial charge in [0, 0.05) is 23.6 Å². The van der Waals surface area contributed by atoms with Gasteiger partial charge in [-0.25, -0.2) is 9.97 Å². The zero-order valence-corrected chi connectivity index (χ0v) is 9.51. The quantitative estimate of drug-likeness (QED) is 0.780. The zero-order chi connectivity index (χ0) is 11.5. The van der Waals surface area contributed by atoms with Crippen LogP contribution in [0, 0.1) is 0 Å². The van der Waals surface area contributed by atoms with Gasteiger partial charge < -0.3 is 5.73 Å². The van der Waals surface area contributed by atoms with Crippen molar-refractivity contribution >= 4 is 5.69 Å². The van der Waals surface area contributed by atoms with Crippen LogP contribution in [0.4, 0.5) is 5.69 Å². The highest BCUT2D eigenvalue weighted by Gasteiger charge is 2.06. The Bertz CT molecular complexity index is 478. The van der Waals surface area contributed by atoms with Crippen molar-refractivity contribution in [1.82, 2.24) is 9.97 Å². The third-order valence-corrected chi connectivity index (χ3v) is 2.60. The molecule has 0 fully saturated rings. The second-order valence-electron chi connectivity index (χ2n) is 4.13. The van der Waals surface area contributed by atoms with E-state index >= 15 is 0 Å². The van der Waals surface area contributed by atoms with Gasteiger partial charge in [-0.15, -0.1) is 0 Å². The van der Waals surface area contributed by atoms with E-state index in [1.54, 1.807) is 12.4 Å². The van der Waals surface area contributed by atoms with E-state index in [0.29, 0.717) is 5.92 Å². The van der Waals surface area contributed by atoms with E-state index < -0.39 is 0 Å². The van der Waals surface area contributed by atoms with E-state index in [1.807, 2.05) is 6.07 Å². The molecule has 3 nitrogen and oxygen atoms in total. The molecule has 82 valence electrons. The van der Waals surface area contributed by atoms with Gasteiger partial charge in [0.25, 0.3) is 0 Å². The number of hydrogen-bond acceptors (Lipinski definition) is 3. The van der Waals surface area contributed by atoms with E-state index in [4.69, 9.17) is 5.73 Å². The Kier molecular flexibility index (Phi) is 2.86. The first-order chi connectivity index (χ1) is 7.68. The lowest BCUT2D eigenvalue weighted by Crippen LogP contribution is -1.96. The second-order valence-corrected chi connectivity index (χ2v) is 4.13. The number of hydrogen-bond donors (Lipinski definition) is 1. The molecule has 2 rings (SSSR count). The lowest BCUT2D eigenvalue weighted by atomic mass is 9.98. The summed E-state index contributed by atoms with van der Waals surface area (Å²) in [5.74, 6) is 0.445. The Morgan fingerprint density at radius 1 is 1.06 bits per heavy atom. The van der Waals surface area contributed by atoms with Crippen molar-refractivity contribution in [2.75, 3.05) is 5.73 Å². The number of aromatic nitrogens is 2. The molecule has 2 N–H and O–H groups in total. The first-order valence-corrected chi connectivity index (χ1v) is 5.33. The Hall–Kier alpha value is -1.90. The molecular weight excluding hydrogens is 198 g/mol. The van der Waals surface area contributed by atoms with E-state index in [1.165, 1.54) is 11.9 Å². The van der Waals surface area contributed by atoms with Crippen LogP contribution in [0.25, 0.3) is 11.1 Å². The third kappa shape index (κ3) is 2.03. The van der Waals surface area contributed by atoms with Crippen LogP contribution >= 0.6 is 0 Å². The summed E-state index contributed by atoms with van der Waals surface area (Å²) in [6.45, 7) is 4.27. The second kappa shape index (κ2) is 4.31. The fourth-order valence-electron chi connectivity index (χ4n) is 1.73. The smallest absolute Gasteiger partial charge is 0.115 e. The number of nitrogens with two attached hydrogens (primary N) is 1. The molecule has 1 heterocycles. The van der Waals surface area contributed by atoms with E-state index in [0.717, 1.165) is 16.8 Å². The molecule has 1 aromatic heterocycles. The molecule has 0 unspecified atom stereocenters. The van der Waals surface area contributed by atoms with Gasteiger partial charge in [-0.1, -0.05) is 26.0 Å². The van der Waals surface area contributed by atoms with Crippen molar-refractivity contribution < 1.29 is 0 Å². The van der Waals surface area contributed by atoms with Crippen LogP contribution in [0.1, 0.15) is 25.3 Å². The molecule has 1 aromatic carbocycles. The first-order valence-electron chi connectivity index (χ1n) is 5.33. The van der Waals surface area contributed by atoms with Crippen molar-refractivity contribution in [3.05, 3.63) is 42.5 Å². The molecule has 0 spiro atoms. The predicted octanol–water partition coefficient (Wildman–Crippen LogP) is 2.85. The molecule has 2 aromatic rings. The summed E-state index contributed by atoms with van der Waals surface area (Å²) in [5.41, 5.74) is 10.1. The maximum absolute atomic E-state index is 6.02. The van der Waals surface area contributed by atoms with Crippen molar-refractivity contribution in [3.63, 3.8) is 0 Å². The van der Waals surface area contributed by atoms with Crippen LogP contribution in [-0.2, 0) is 0 Å². The molecule has 0 atom stereocenters. The van der Waals surface area contributed by atoms with Crippen molar-refractivity contribution in [2.45, 2.75) is 19.8 Å². The predicted molar refractivity (Wildman–Crippen MR) is 66.0 cm³/mol. The molecule has 3 heteroatoms. The maximum atomic E-state index is 6.02. The van der Waals surface area contributed by atoms with Crippen LogP contribution in [0.3, 0.4) is 0 Å². The number of rotatable bonds is 2. The molecule has 0 saturated carbocycles. The van der Waals surface area contributed by atoms with Gasteiger partial charge in [0.1, 0.15) is 6.33 Å². The molecule has 16 heavy (non-hydrogen) atoms. The van der Waals surface area contributed by atoms with Crippen LogP contribution in [0.5, 0.6) is 0 Å². The zero-order valence-electron chi connectivity index (χ0n) is 9.51. The lowest BCUT2D eigenvalue weighted by molar-refractivity contribution is 0.870. The molecule has 0 aliphatic rings. The lowest BCUT2D eigenvalue weighted by Gasteiger charge is -2.10. The first kappa shape index (κ1) is 10.6. The highest BCUT2D eigenvalue weighted by molar-refractivity contribution is 5.68. The summed E-state index contributed by atoms with van der Waals surface area (Å²) in [6, 6.07) is 6.11. The maximum Gasteiger partial charge on any atom is 0.115 e. The summed E-state index contributed by atoms with van der Waals surface area (Å²) >= 11 is 0. The fourth-order valence-corrected chi connectivity index (χ4v) is 1.73. The topological polar surface area (TPSA) is 51.8 Å². The van der Waals surface area contributed by atoms with Crippen molar-refractivity contribution in [2.24, 2.45) is 0 Å². The number of nitrogens with zero attached hydrogens (tertiary/aromatic N) is 2. The molecule has 0 radical (unpaired) electrons. The Morgan fingerprint density at radius 3 is 2.31 bits per heavy atom. The Morgan fingerprint density at radius 2 is 1.75 bits per heavy atom. The largest absolute Gasteiger partial charge is 0.398 e. The van der Waals surface area contributed by atoms with Crippen molar-refractivity contribution in [3.8, 4) is 11.1 Å². The van der Waals surface area contributed by atoms with Gasteiger partial charge in [-0.05, 0) is 23.1 Å². The minimum Gasteiger partial charge on any atom is -0.398 e. The van der Waals surface area contributed by atoms with E-state index in [-0.39, 0.29) is 0 Å². The average Bonchev–Trinajstić information content (AvgIpc) is 2.29. The van der Waals surface area contributed by atoms with Crippen LogP contribution in [-0.4, -0.2) is 9.97 Å². The minimum absolute atomic E-state index is 0.445. The summed E-state index contributed by atoms with van der Waals surface area (Å²) in [5, 5.41) is 0. The fraction of sp³-hybridized carbons (Fsp3) is 0.231. The standard InChI is InChI=1S/C13H15N3/c1-9(2)12-4-3-10(5-13(12)14)11-6-15-8-16-7-11/h3-9H,14H2,1-2H3. The number of nitrogen functional groups attached to an aromatic ring is 1. The van der Waals surface area contributed by atoms with Crippen LogP contribution < -0.4 is 5.73 Å². The van der Waals surface area contributed by atoms with Gasteiger partial charge in [-0.2, -0.15) is 0 Å². The Labute approximate surface area is 95.4 Å². The van der Waals surface area contributed by atoms with Gasteiger partial charge in [0.05, 0.1) is 0 Å². The minimum atomic E-state index is 0.445. The van der Waals surface area contributed by atoms with E-state index in [9.17, 15) is 0 Å². The average molecular weight is 213 g/mol. The van der Waals surface area contributed by atoms with Gasteiger partial charge in [-0.3, -0.25) is 0 Å². The summed E-state index contributed by atoms with van der Waals surface area (Å²) in [4.78, 5) is 7.99. The highest BCUT2D eigenvalue weighted by atomic mass is 14.8. The molecular formula is C13H15N3. The molecule has 0 saturated heterocycles. The summed E-state index contributed by atoms with van der Waals surface area (Å²) in [7, 11) is 0. The molecule has 0 aliphatic carbocycles. The normalized spacial score (nSPS) is 10.7. The SMILES string of the molecule is CC(C)c1ccc(-c2cncnc2)cc1N. The van der Waals surface area contributed by atoms with Crippen LogP contribution in [0.2, 0.25) is 0 Å². The molecule has 0 amide bonds. The third-order valence-electron chi connectivity index (χ3n) is 2.60. The van der Waals surface area contributed by atoms with Gasteiger partial charge in [0.2, 0.25) is 0 Å². The van der Waals surface area contributed by atoms with Crippen molar-refractivity contribution in [1.29, 1.82) is 0 Å². The van der Waals surface area contributed by atoms with Gasteiger partial charge >= 0.3 is 0 Å². The molecule has 0 aliphatic heterocycles. The monoisotopic (exact) mass is 213 g/mol. The highest BCUT2D eigenvalue weighted by Crippen LogP contribution is 2.27. The molecule has 0 bridgehead atoms. The number of anilines is 1.